The first kappa shape index (κ1) is 83.6. The van der Waals surface area contributed by atoms with Gasteiger partial charge in [-0.05, 0) is 51.4 Å². The lowest BCUT2D eigenvalue weighted by molar-refractivity contribution is -0.143. The van der Waals surface area contributed by atoms with Crippen LogP contribution in [0.5, 0.6) is 0 Å². The van der Waals surface area contributed by atoms with Crippen molar-refractivity contribution >= 4 is 11.9 Å². The number of carbonyl (C=O) groups excluding carboxylic acids is 2. The zero-order valence-electron chi connectivity index (χ0n) is 58.1. The number of carbonyl (C=O) groups is 2. The third kappa shape index (κ3) is 71.6. The smallest absolute Gasteiger partial charge is 0.305 e. The van der Waals surface area contributed by atoms with Crippen molar-refractivity contribution in [3.05, 3.63) is 12.2 Å². The van der Waals surface area contributed by atoms with Crippen molar-refractivity contribution in [1.29, 1.82) is 0 Å². The summed E-state index contributed by atoms with van der Waals surface area (Å²) in [5.41, 5.74) is 0. The van der Waals surface area contributed by atoms with Gasteiger partial charge in [-0.1, -0.05) is 405 Å². The Bertz CT molecular complexity index is 1290. The van der Waals surface area contributed by atoms with Gasteiger partial charge in [-0.3, -0.25) is 9.59 Å². The van der Waals surface area contributed by atoms with Crippen LogP contribution in [0.4, 0.5) is 0 Å². The standard InChI is InChI=1S/C79H155NO5/c1-3-5-7-9-11-13-15-17-18-19-20-21-33-36-39-42-45-48-51-55-59-63-67-71-77(82)76(75-81)80-78(83)72-68-64-60-56-52-49-46-43-40-37-34-31-29-27-25-23-22-24-26-28-30-32-35-38-41-44-47-50-54-58-62-66-70-74-85-79(84)73-69-65-61-57-53-16-14-12-10-8-6-4-2/h12,14,76-77,81-82H,3-11,13,15-75H2,1-2H3,(H,80,83)/b14-12-. The molecule has 0 fully saturated rings. The van der Waals surface area contributed by atoms with Crippen LogP contribution >= 0.6 is 0 Å². The van der Waals surface area contributed by atoms with Crippen molar-refractivity contribution < 1.29 is 24.5 Å². The quantitative estimate of drug-likeness (QED) is 0.0320. The first-order valence-electron chi connectivity index (χ1n) is 39.4. The minimum Gasteiger partial charge on any atom is -0.466 e. The van der Waals surface area contributed by atoms with Gasteiger partial charge >= 0.3 is 5.97 Å². The maximum atomic E-state index is 12.6. The molecule has 3 N–H and O–H groups in total. The van der Waals surface area contributed by atoms with Crippen LogP contribution in [0.3, 0.4) is 0 Å². The second kappa shape index (κ2) is 75.1. The lowest BCUT2D eigenvalue weighted by Gasteiger charge is -2.22. The molecule has 0 bridgehead atoms. The molecule has 0 radical (unpaired) electrons. The zero-order chi connectivity index (χ0) is 61.3. The molecule has 0 aliphatic carbocycles. The molecule has 85 heavy (non-hydrogen) atoms. The van der Waals surface area contributed by atoms with Crippen LogP contribution in [0, 0.1) is 0 Å². The summed E-state index contributed by atoms with van der Waals surface area (Å²) in [6, 6.07) is -0.538. The molecule has 6 heteroatoms. The van der Waals surface area contributed by atoms with Crippen LogP contribution in [0.15, 0.2) is 12.2 Å². The highest BCUT2D eigenvalue weighted by atomic mass is 16.5. The number of hydrogen-bond acceptors (Lipinski definition) is 5. The average molecular weight is 1200 g/mol. The van der Waals surface area contributed by atoms with Gasteiger partial charge in [0.1, 0.15) is 0 Å². The van der Waals surface area contributed by atoms with E-state index >= 15 is 0 Å². The van der Waals surface area contributed by atoms with E-state index in [1.807, 2.05) is 0 Å². The van der Waals surface area contributed by atoms with E-state index in [2.05, 4.69) is 31.3 Å². The Balaban J connectivity index is 3.32. The van der Waals surface area contributed by atoms with E-state index in [1.165, 1.54) is 379 Å². The Labute approximate surface area is 533 Å². The molecule has 0 saturated heterocycles. The number of ether oxygens (including phenoxy) is 1. The maximum Gasteiger partial charge on any atom is 0.305 e. The van der Waals surface area contributed by atoms with Crippen molar-refractivity contribution in [3.63, 3.8) is 0 Å². The van der Waals surface area contributed by atoms with Gasteiger partial charge in [0.15, 0.2) is 0 Å². The zero-order valence-corrected chi connectivity index (χ0v) is 58.1. The maximum absolute atomic E-state index is 12.6. The van der Waals surface area contributed by atoms with Crippen LogP contribution in [-0.4, -0.2) is 47.4 Å². The van der Waals surface area contributed by atoms with E-state index in [-0.39, 0.29) is 18.5 Å². The van der Waals surface area contributed by atoms with Gasteiger partial charge in [0.2, 0.25) is 5.91 Å². The third-order valence-electron chi connectivity index (χ3n) is 18.8. The molecule has 0 aliphatic rings. The molecular weight excluding hydrogens is 1040 g/mol. The van der Waals surface area contributed by atoms with E-state index in [0.29, 0.717) is 25.9 Å². The molecular formula is C79H155NO5. The van der Waals surface area contributed by atoms with E-state index in [0.717, 1.165) is 44.9 Å². The summed E-state index contributed by atoms with van der Waals surface area (Å²) in [4.78, 5) is 24.6. The first-order chi connectivity index (χ1) is 42.0. The topological polar surface area (TPSA) is 95.9 Å². The summed E-state index contributed by atoms with van der Waals surface area (Å²) in [6.07, 6.45) is 94.5. The highest BCUT2D eigenvalue weighted by Crippen LogP contribution is 2.20. The Morgan fingerprint density at radius 2 is 0.553 bits per heavy atom. The summed E-state index contributed by atoms with van der Waals surface area (Å²) < 4.78 is 5.48. The molecule has 1 amide bonds. The first-order valence-corrected chi connectivity index (χ1v) is 39.4. The highest BCUT2D eigenvalue weighted by molar-refractivity contribution is 5.76. The summed E-state index contributed by atoms with van der Waals surface area (Å²) in [5, 5.41) is 23.5. The number of unbranched alkanes of at least 4 members (excludes halogenated alkanes) is 62. The Morgan fingerprint density at radius 3 is 0.859 bits per heavy atom. The van der Waals surface area contributed by atoms with Gasteiger partial charge in [-0.25, -0.2) is 0 Å². The van der Waals surface area contributed by atoms with Crippen LogP contribution in [-0.2, 0) is 14.3 Å². The molecule has 2 unspecified atom stereocenters. The van der Waals surface area contributed by atoms with E-state index in [1.54, 1.807) is 0 Å². The summed E-state index contributed by atoms with van der Waals surface area (Å²) >= 11 is 0. The number of allylic oxidation sites excluding steroid dienone is 2. The lowest BCUT2D eigenvalue weighted by Crippen LogP contribution is -2.45. The van der Waals surface area contributed by atoms with Crippen molar-refractivity contribution in [2.45, 2.75) is 469 Å². The number of amides is 1. The summed E-state index contributed by atoms with van der Waals surface area (Å²) in [6.45, 7) is 4.98. The molecule has 0 aromatic rings. The van der Waals surface area contributed by atoms with Crippen LogP contribution in [0.1, 0.15) is 457 Å². The van der Waals surface area contributed by atoms with Gasteiger partial charge < -0.3 is 20.3 Å². The van der Waals surface area contributed by atoms with Crippen molar-refractivity contribution in [1.82, 2.24) is 5.32 Å². The van der Waals surface area contributed by atoms with E-state index < -0.39 is 12.1 Å². The molecule has 6 nitrogen and oxygen atoms in total. The fourth-order valence-electron chi connectivity index (χ4n) is 12.8. The van der Waals surface area contributed by atoms with Gasteiger partial charge in [-0.15, -0.1) is 0 Å². The number of rotatable bonds is 75. The molecule has 0 spiro atoms. The summed E-state index contributed by atoms with van der Waals surface area (Å²) in [5.74, 6) is -0.0115. The summed E-state index contributed by atoms with van der Waals surface area (Å²) in [7, 11) is 0. The van der Waals surface area contributed by atoms with Crippen LogP contribution in [0.2, 0.25) is 0 Å². The normalized spacial score (nSPS) is 12.5. The Morgan fingerprint density at radius 1 is 0.318 bits per heavy atom. The van der Waals surface area contributed by atoms with Crippen LogP contribution in [0.25, 0.3) is 0 Å². The average Bonchev–Trinajstić information content (AvgIpc) is 3.51. The minimum atomic E-state index is -0.662. The van der Waals surface area contributed by atoms with Gasteiger partial charge in [-0.2, -0.15) is 0 Å². The molecule has 506 valence electrons. The number of esters is 1. The monoisotopic (exact) mass is 1200 g/mol. The lowest BCUT2D eigenvalue weighted by atomic mass is 10.0. The number of hydrogen-bond donors (Lipinski definition) is 3. The van der Waals surface area contributed by atoms with E-state index in [9.17, 15) is 19.8 Å². The third-order valence-corrected chi connectivity index (χ3v) is 18.8. The fourth-order valence-corrected chi connectivity index (χ4v) is 12.8. The SMILES string of the molecule is CCCCC/C=C\CCCCCCCC(=O)OCCCCCCCCCCCCCCCCCCCCCCCCCCCCCCCCCCCC(=O)NC(CO)C(O)CCCCCCCCCCCCCCCCCCCCCCCCC. The predicted molar refractivity (Wildman–Crippen MR) is 375 cm³/mol. The molecule has 2 atom stereocenters. The molecule has 0 heterocycles. The van der Waals surface area contributed by atoms with E-state index in [4.69, 9.17) is 4.74 Å². The van der Waals surface area contributed by atoms with Crippen molar-refractivity contribution in [3.8, 4) is 0 Å². The van der Waals surface area contributed by atoms with Gasteiger partial charge in [0.05, 0.1) is 25.4 Å². The van der Waals surface area contributed by atoms with Crippen LogP contribution < -0.4 is 5.32 Å². The largest absolute Gasteiger partial charge is 0.466 e. The second-order valence-electron chi connectivity index (χ2n) is 27.4. The number of aliphatic hydroxyl groups is 2. The van der Waals surface area contributed by atoms with Crippen molar-refractivity contribution in [2.24, 2.45) is 0 Å². The predicted octanol–water partition coefficient (Wildman–Crippen LogP) is 25.9. The molecule has 0 aromatic heterocycles. The Kier molecular flexibility index (Phi) is 73.8. The number of nitrogens with one attached hydrogen (secondary N) is 1. The molecule has 0 aliphatic heterocycles. The van der Waals surface area contributed by atoms with Crippen molar-refractivity contribution in [2.75, 3.05) is 13.2 Å². The second-order valence-corrected chi connectivity index (χ2v) is 27.4. The molecule has 0 saturated carbocycles. The molecule has 0 rings (SSSR count). The van der Waals surface area contributed by atoms with Gasteiger partial charge in [0.25, 0.3) is 0 Å². The minimum absolute atomic E-state index is 0.0127. The number of aliphatic hydroxyl groups excluding tert-OH is 2. The highest BCUT2D eigenvalue weighted by Gasteiger charge is 2.20. The fraction of sp³-hybridized carbons (Fsp3) is 0.949. The van der Waals surface area contributed by atoms with Gasteiger partial charge in [0, 0.05) is 12.8 Å². The Hall–Kier alpha value is -1.40. The molecule has 0 aromatic carbocycles.